The number of carboxylic acid groups (broad SMARTS) is 2. The van der Waals surface area contributed by atoms with Crippen LogP contribution in [-0.4, -0.2) is 22.2 Å². The molecule has 0 saturated heterocycles. The van der Waals surface area contributed by atoms with Gasteiger partial charge in [-0.05, 0) is 43.9 Å². The predicted molar refractivity (Wildman–Crippen MR) is 82.1 cm³/mol. The molecule has 0 amide bonds. The summed E-state index contributed by atoms with van der Waals surface area (Å²) < 4.78 is 0. The molecule has 2 unspecified atom stereocenters. The third-order valence-electron chi connectivity index (χ3n) is 5.62. The molecule has 0 bridgehead atoms. The highest BCUT2D eigenvalue weighted by atomic mass is 16.4. The van der Waals surface area contributed by atoms with Crippen LogP contribution in [0.4, 0.5) is 0 Å². The molecule has 0 spiro atoms. The maximum absolute atomic E-state index is 12.3. The van der Waals surface area contributed by atoms with E-state index >= 15 is 0 Å². The average Bonchev–Trinajstić information content (AvgIpc) is 2.91. The summed E-state index contributed by atoms with van der Waals surface area (Å²) in [4.78, 5) is 24.5. The minimum absolute atomic E-state index is 0.0187. The second-order valence-electron chi connectivity index (χ2n) is 6.95. The number of carboxylic acids is 2. The normalized spacial score (nSPS) is 22.0. The van der Waals surface area contributed by atoms with Gasteiger partial charge in [-0.15, -0.1) is 0 Å². The molecule has 1 fully saturated rings. The van der Waals surface area contributed by atoms with Gasteiger partial charge >= 0.3 is 11.9 Å². The molecule has 21 heavy (non-hydrogen) atoms. The Labute approximate surface area is 127 Å². The van der Waals surface area contributed by atoms with Crippen LogP contribution in [0.5, 0.6) is 0 Å². The molecule has 0 heterocycles. The van der Waals surface area contributed by atoms with Crippen LogP contribution in [0.3, 0.4) is 0 Å². The van der Waals surface area contributed by atoms with Crippen molar-refractivity contribution in [1.82, 2.24) is 0 Å². The van der Waals surface area contributed by atoms with Gasteiger partial charge in [-0.1, -0.05) is 40.5 Å². The van der Waals surface area contributed by atoms with Crippen LogP contribution in [-0.2, 0) is 9.59 Å². The van der Waals surface area contributed by atoms with E-state index in [4.69, 9.17) is 0 Å². The highest BCUT2D eigenvalue weighted by Gasteiger charge is 2.62. The van der Waals surface area contributed by atoms with E-state index in [0.717, 1.165) is 25.7 Å². The molecular formula is C17H30O4. The second-order valence-corrected chi connectivity index (χ2v) is 6.95. The summed E-state index contributed by atoms with van der Waals surface area (Å²) in [5.41, 5.74) is -2.31. The van der Waals surface area contributed by atoms with Gasteiger partial charge in [0.15, 0.2) is 0 Å². The van der Waals surface area contributed by atoms with E-state index in [1.54, 1.807) is 0 Å². The van der Waals surface area contributed by atoms with Crippen molar-refractivity contribution in [3.63, 3.8) is 0 Å². The first-order valence-electron chi connectivity index (χ1n) is 8.25. The Kier molecular flexibility index (Phi) is 5.83. The summed E-state index contributed by atoms with van der Waals surface area (Å²) in [5, 5.41) is 20.0. The number of carbonyl (C=O) groups is 2. The fourth-order valence-corrected chi connectivity index (χ4v) is 4.74. The summed E-state index contributed by atoms with van der Waals surface area (Å²) in [6.45, 7) is 7.63. The highest BCUT2D eigenvalue weighted by molar-refractivity contribution is 5.87. The van der Waals surface area contributed by atoms with Crippen LogP contribution in [0.1, 0.15) is 72.6 Å². The molecule has 2 atom stereocenters. The van der Waals surface area contributed by atoms with Crippen molar-refractivity contribution in [2.45, 2.75) is 72.6 Å². The van der Waals surface area contributed by atoms with E-state index in [9.17, 15) is 19.8 Å². The number of hydrogen-bond acceptors (Lipinski definition) is 2. The van der Waals surface area contributed by atoms with Crippen molar-refractivity contribution in [2.24, 2.45) is 22.7 Å². The van der Waals surface area contributed by atoms with Gasteiger partial charge in [-0.3, -0.25) is 9.59 Å². The lowest BCUT2D eigenvalue weighted by Gasteiger charge is -2.49. The number of hydrogen-bond donors (Lipinski definition) is 2. The maximum Gasteiger partial charge on any atom is 0.311 e. The largest absolute Gasteiger partial charge is 0.481 e. The van der Waals surface area contributed by atoms with Crippen molar-refractivity contribution in [3.05, 3.63) is 0 Å². The standard InChI is InChI=1S/C17H30O4/c1-5-16(14(18)19,11-12(3)4)17(6-2,15(20)21)13-9-7-8-10-13/h12-13H,5-11H2,1-4H3,(H,18,19)(H,20,21). The lowest BCUT2D eigenvalue weighted by Crippen LogP contribution is -2.56. The Morgan fingerprint density at radius 2 is 1.57 bits per heavy atom. The molecule has 1 saturated carbocycles. The van der Waals surface area contributed by atoms with Crippen LogP contribution < -0.4 is 0 Å². The second kappa shape index (κ2) is 6.80. The molecule has 1 aliphatic rings. The van der Waals surface area contributed by atoms with Crippen molar-refractivity contribution in [3.8, 4) is 0 Å². The molecule has 0 aromatic heterocycles. The van der Waals surface area contributed by atoms with Crippen molar-refractivity contribution >= 4 is 11.9 Å². The SMILES string of the molecule is CCC(CC(C)C)(C(=O)O)C(CC)(C(=O)O)C1CCCC1. The van der Waals surface area contributed by atoms with Gasteiger partial charge in [0.1, 0.15) is 0 Å². The average molecular weight is 298 g/mol. The zero-order valence-corrected chi connectivity index (χ0v) is 13.8. The summed E-state index contributed by atoms with van der Waals surface area (Å²) in [7, 11) is 0. The van der Waals surface area contributed by atoms with E-state index in [0.29, 0.717) is 19.3 Å². The molecule has 0 aromatic rings. The van der Waals surface area contributed by atoms with Gasteiger partial charge in [-0.25, -0.2) is 0 Å². The van der Waals surface area contributed by atoms with E-state index < -0.39 is 22.8 Å². The van der Waals surface area contributed by atoms with Crippen LogP contribution in [0.25, 0.3) is 0 Å². The minimum atomic E-state index is -1.17. The number of aliphatic carboxylic acids is 2. The molecule has 0 aliphatic heterocycles. The quantitative estimate of drug-likeness (QED) is 0.704. The molecule has 0 aromatic carbocycles. The molecule has 4 nitrogen and oxygen atoms in total. The van der Waals surface area contributed by atoms with Gasteiger partial charge in [-0.2, -0.15) is 0 Å². The molecule has 2 N–H and O–H groups in total. The highest BCUT2D eigenvalue weighted by Crippen LogP contribution is 2.57. The Bertz CT molecular complexity index is 384. The monoisotopic (exact) mass is 298 g/mol. The van der Waals surface area contributed by atoms with Gasteiger partial charge in [0, 0.05) is 0 Å². The van der Waals surface area contributed by atoms with Crippen molar-refractivity contribution in [2.75, 3.05) is 0 Å². The fourth-order valence-electron chi connectivity index (χ4n) is 4.74. The summed E-state index contributed by atoms with van der Waals surface area (Å²) in [6.07, 6.45) is 4.90. The van der Waals surface area contributed by atoms with E-state index in [-0.39, 0.29) is 11.8 Å². The van der Waals surface area contributed by atoms with E-state index in [2.05, 4.69) is 0 Å². The van der Waals surface area contributed by atoms with E-state index in [1.807, 2.05) is 27.7 Å². The van der Waals surface area contributed by atoms with Gasteiger partial charge < -0.3 is 10.2 Å². The first-order chi connectivity index (χ1) is 9.78. The Morgan fingerprint density at radius 1 is 1.05 bits per heavy atom. The minimum Gasteiger partial charge on any atom is -0.481 e. The topological polar surface area (TPSA) is 74.6 Å². The van der Waals surface area contributed by atoms with Gasteiger partial charge in [0.2, 0.25) is 0 Å². The summed E-state index contributed by atoms with van der Waals surface area (Å²) in [6, 6.07) is 0. The van der Waals surface area contributed by atoms with E-state index in [1.165, 1.54) is 0 Å². The third kappa shape index (κ3) is 2.82. The van der Waals surface area contributed by atoms with Crippen LogP contribution in [0.2, 0.25) is 0 Å². The molecule has 4 heteroatoms. The molecular weight excluding hydrogens is 268 g/mol. The first-order valence-corrected chi connectivity index (χ1v) is 8.25. The summed E-state index contributed by atoms with van der Waals surface area (Å²) >= 11 is 0. The third-order valence-corrected chi connectivity index (χ3v) is 5.62. The lowest BCUT2D eigenvalue weighted by atomic mass is 9.52. The summed E-state index contributed by atoms with van der Waals surface area (Å²) in [5.74, 6) is -1.71. The smallest absolute Gasteiger partial charge is 0.311 e. The first kappa shape index (κ1) is 18.0. The maximum atomic E-state index is 12.3. The number of rotatable bonds is 8. The van der Waals surface area contributed by atoms with Gasteiger partial charge in [0.25, 0.3) is 0 Å². The predicted octanol–water partition coefficient (Wildman–Crippen LogP) is 4.18. The molecule has 122 valence electrons. The Balaban J connectivity index is 3.48. The van der Waals surface area contributed by atoms with Gasteiger partial charge in [0.05, 0.1) is 10.8 Å². The zero-order valence-electron chi connectivity index (χ0n) is 13.8. The van der Waals surface area contributed by atoms with Crippen molar-refractivity contribution < 1.29 is 19.8 Å². The molecule has 1 aliphatic carbocycles. The molecule has 0 radical (unpaired) electrons. The zero-order chi connectivity index (χ0) is 16.3. The van der Waals surface area contributed by atoms with Crippen LogP contribution in [0.15, 0.2) is 0 Å². The fraction of sp³-hybridized carbons (Fsp3) is 0.882. The van der Waals surface area contributed by atoms with Crippen LogP contribution in [0, 0.1) is 22.7 Å². The molecule has 1 rings (SSSR count). The Morgan fingerprint density at radius 3 is 1.86 bits per heavy atom. The van der Waals surface area contributed by atoms with Crippen molar-refractivity contribution in [1.29, 1.82) is 0 Å². The van der Waals surface area contributed by atoms with Crippen LogP contribution >= 0.6 is 0 Å². The lowest BCUT2D eigenvalue weighted by molar-refractivity contribution is -0.184. The Hall–Kier alpha value is -1.06.